The van der Waals surface area contributed by atoms with Crippen LogP contribution in [0.4, 0.5) is 5.69 Å². The maximum absolute atomic E-state index is 12.3. The van der Waals surface area contributed by atoms with Crippen molar-refractivity contribution >= 4 is 17.5 Å². The summed E-state index contributed by atoms with van der Waals surface area (Å²) in [7, 11) is 3.90. The van der Waals surface area contributed by atoms with E-state index in [1.165, 1.54) is 0 Å². The molecular formula is C15H14N2O. The molecule has 0 atom stereocenters. The zero-order valence-corrected chi connectivity index (χ0v) is 10.4. The average Bonchev–Trinajstić information content (AvgIpc) is 2.88. The van der Waals surface area contributed by atoms with Crippen LogP contribution in [0.25, 0.3) is 6.08 Å². The van der Waals surface area contributed by atoms with Crippen LogP contribution < -0.4 is 4.90 Å². The predicted molar refractivity (Wildman–Crippen MR) is 72.6 cm³/mol. The van der Waals surface area contributed by atoms with Gasteiger partial charge < -0.3 is 9.47 Å². The third-order valence-electron chi connectivity index (χ3n) is 3.26. The number of anilines is 1. The average molecular weight is 238 g/mol. The summed E-state index contributed by atoms with van der Waals surface area (Å²) in [6.07, 6.45) is 5.90. The van der Waals surface area contributed by atoms with Crippen LogP contribution in [-0.4, -0.2) is 17.4 Å². The van der Waals surface area contributed by atoms with E-state index in [4.69, 9.17) is 0 Å². The van der Waals surface area contributed by atoms with Gasteiger partial charge in [-0.1, -0.05) is 12.1 Å². The number of allylic oxidation sites excluding steroid dienone is 1. The van der Waals surface area contributed by atoms with E-state index in [0.29, 0.717) is 0 Å². The van der Waals surface area contributed by atoms with E-state index in [9.17, 15) is 4.79 Å². The number of aromatic nitrogens is 1. The van der Waals surface area contributed by atoms with Crippen LogP contribution in [0.1, 0.15) is 15.9 Å². The summed E-state index contributed by atoms with van der Waals surface area (Å²) in [5, 5.41) is 0. The molecule has 0 spiro atoms. The fourth-order valence-electron chi connectivity index (χ4n) is 2.31. The minimum Gasteiger partial charge on any atom is -0.357 e. The van der Waals surface area contributed by atoms with Gasteiger partial charge in [0.1, 0.15) is 0 Å². The Labute approximate surface area is 106 Å². The molecule has 18 heavy (non-hydrogen) atoms. The lowest BCUT2D eigenvalue weighted by Crippen LogP contribution is -2.13. The van der Waals surface area contributed by atoms with Crippen molar-refractivity contribution in [1.82, 2.24) is 4.57 Å². The summed E-state index contributed by atoms with van der Waals surface area (Å²) in [5.74, 6) is 0.0944. The van der Waals surface area contributed by atoms with Crippen LogP contribution in [0.2, 0.25) is 0 Å². The van der Waals surface area contributed by atoms with Gasteiger partial charge in [-0.15, -0.1) is 0 Å². The van der Waals surface area contributed by atoms with Crippen LogP contribution in [-0.2, 0) is 7.05 Å². The largest absolute Gasteiger partial charge is 0.357 e. The van der Waals surface area contributed by atoms with Crippen LogP contribution in [0.15, 0.2) is 48.4 Å². The highest BCUT2D eigenvalue weighted by Crippen LogP contribution is 2.33. The summed E-state index contributed by atoms with van der Waals surface area (Å²) in [5.41, 5.74) is 3.52. The lowest BCUT2D eigenvalue weighted by Gasteiger charge is -2.12. The molecule has 3 nitrogen and oxygen atoms in total. The quantitative estimate of drug-likeness (QED) is 0.714. The van der Waals surface area contributed by atoms with Crippen molar-refractivity contribution in [2.45, 2.75) is 0 Å². The molecule has 0 N–H and O–H groups in total. The number of nitrogens with zero attached hydrogens (tertiary/aromatic N) is 2. The Bertz CT molecular complexity index is 652. The van der Waals surface area contributed by atoms with Crippen LogP contribution in [0.5, 0.6) is 0 Å². The standard InChI is InChI=1S/C15H14N2O/c1-16-8-7-11(10-16)9-14-15(18)12-5-3-4-6-13(12)17(14)2/h3-10H,1-2H3/b14-9+. The minimum atomic E-state index is 0.0944. The van der Waals surface area contributed by atoms with E-state index in [-0.39, 0.29) is 5.78 Å². The van der Waals surface area contributed by atoms with Gasteiger partial charge in [-0.05, 0) is 29.8 Å². The second kappa shape index (κ2) is 3.88. The Balaban J connectivity index is 2.06. The van der Waals surface area contributed by atoms with Gasteiger partial charge in [-0.25, -0.2) is 0 Å². The summed E-state index contributed by atoms with van der Waals surface area (Å²) in [4.78, 5) is 14.3. The Morgan fingerprint density at radius 2 is 1.89 bits per heavy atom. The summed E-state index contributed by atoms with van der Waals surface area (Å²) in [6.45, 7) is 0. The fourth-order valence-corrected chi connectivity index (χ4v) is 2.31. The maximum Gasteiger partial charge on any atom is 0.211 e. The third-order valence-corrected chi connectivity index (χ3v) is 3.26. The number of para-hydroxylation sites is 1. The Morgan fingerprint density at radius 1 is 1.11 bits per heavy atom. The molecule has 0 amide bonds. The number of fused-ring (bicyclic) bond motifs is 1. The number of ketones is 1. The van der Waals surface area contributed by atoms with Gasteiger partial charge in [0.15, 0.2) is 0 Å². The van der Waals surface area contributed by atoms with Crippen molar-refractivity contribution in [2.75, 3.05) is 11.9 Å². The van der Waals surface area contributed by atoms with E-state index in [2.05, 4.69) is 0 Å². The van der Waals surface area contributed by atoms with Crippen molar-refractivity contribution in [3.63, 3.8) is 0 Å². The van der Waals surface area contributed by atoms with E-state index in [1.54, 1.807) is 0 Å². The molecule has 1 aliphatic heterocycles. The monoisotopic (exact) mass is 238 g/mol. The van der Waals surface area contributed by atoms with Gasteiger partial charge >= 0.3 is 0 Å². The molecule has 3 rings (SSSR count). The summed E-state index contributed by atoms with van der Waals surface area (Å²) < 4.78 is 1.97. The number of benzene rings is 1. The van der Waals surface area contributed by atoms with E-state index >= 15 is 0 Å². The highest BCUT2D eigenvalue weighted by molar-refractivity contribution is 6.21. The smallest absolute Gasteiger partial charge is 0.211 e. The molecule has 0 fully saturated rings. The topological polar surface area (TPSA) is 25.2 Å². The number of hydrogen-bond donors (Lipinski definition) is 0. The molecule has 3 heteroatoms. The number of rotatable bonds is 1. The van der Waals surface area contributed by atoms with Gasteiger partial charge in [-0.3, -0.25) is 4.79 Å². The molecule has 2 aromatic rings. The first kappa shape index (κ1) is 10.8. The maximum atomic E-state index is 12.3. The molecule has 0 aliphatic carbocycles. The Morgan fingerprint density at radius 3 is 2.56 bits per heavy atom. The lowest BCUT2D eigenvalue weighted by molar-refractivity contribution is 0.104. The minimum absolute atomic E-state index is 0.0944. The highest BCUT2D eigenvalue weighted by atomic mass is 16.1. The first-order valence-corrected chi connectivity index (χ1v) is 5.88. The number of likely N-dealkylation sites (N-methyl/N-ethyl adjacent to an activating group) is 1. The van der Waals surface area contributed by atoms with Crippen molar-refractivity contribution in [1.29, 1.82) is 0 Å². The SMILES string of the molecule is CN1/C(=C/c2ccn(C)c2)C(=O)c2ccccc21. The predicted octanol–water partition coefficient (Wildman–Crippen LogP) is 2.70. The van der Waals surface area contributed by atoms with E-state index in [1.807, 2.05) is 72.4 Å². The van der Waals surface area contributed by atoms with Crippen molar-refractivity contribution in [3.8, 4) is 0 Å². The molecule has 2 heterocycles. The Kier molecular flexibility index (Phi) is 2.33. The molecule has 1 aromatic carbocycles. The Hall–Kier alpha value is -2.29. The molecule has 1 aromatic heterocycles. The van der Waals surface area contributed by atoms with Gasteiger partial charge in [0, 0.05) is 32.1 Å². The first-order chi connectivity index (χ1) is 8.66. The molecule has 0 saturated heterocycles. The van der Waals surface area contributed by atoms with Crippen LogP contribution >= 0.6 is 0 Å². The molecule has 90 valence electrons. The fraction of sp³-hybridized carbons (Fsp3) is 0.133. The van der Waals surface area contributed by atoms with Gasteiger partial charge in [-0.2, -0.15) is 0 Å². The molecule has 0 bridgehead atoms. The lowest BCUT2D eigenvalue weighted by atomic mass is 10.1. The highest BCUT2D eigenvalue weighted by Gasteiger charge is 2.28. The first-order valence-electron chi connectivity index (χ1n) is 5.88. The molecule has 0 saturated carbocycles. The van der Waals surface area contributed by atoms with Crippen LogP contribution in [0, 0.1) is 0 Å². The second-order valence-electron chi connectivity index (χ2n) is 4.55. The van der Waals surface area contributed by atoms with E-state index in [0.717, 1.165) is 22.5 Å². The molecular weight excluding hydrogens is 224 g/mol. The van der Waals surface area contributed by atoms with E-state index < -0.39 is 0 Å². The number of carbonyl (C=O) groups excluding carboxylic acids is 1. The van der Waals surface area contributed by atoms with Crippen molar-refractivity contribution in [2.24, 2.45) is 7.05 Å². The molecule has 0 radical (unpaired) electrons. The zero-order valence-electron chi connectivity index (χ0n) is 10.4. The van der Waals surface area contributed by atoms with Gasteiger partial charge in [0.2, 0.25) is 5.78 Å². The molecule has 1 aliphatic rings. The normalized spacial score (nSPS) is 16.4. The van der Waals surface area contributed by atoms with Gasteiger partial charge in [0.05, 0.1) is 11.4 Å². The number of hydrogen-bond acceptors (Lipinski definition) is 2. The number of carbonyl (C=O) groups is 1. The second-order valence-corrected chi connectivity index (χ2v) is 4.55. The third kappa shape index (κ3) is 1.56. The van der Waals surface area contributed by atoms with Crippen molar-refractivity contribution in [3.05, 3.63) is 59.5 Å². The number of aryl methyl sites for hydroxylation is 1. The number of Topliss-reactive ketones (excluding diaryl/α,β-unsaturated/α-hetero) is 1. The van der Waals surface area contributed by atoms with Crippen LogP contribution in [0.3, 0.4) is 0 Å². The zero-order chi connectivity index (χ0) is 12.7. The van der Waals surface area contributed by atoms with Gasteiger partial charge in [0.25, 0.3) is 0 Å². The summed E-state index contributed by atoms with van der Waals surface area (Å²) >= 11 is 0. The summed E-state index contributed by atoms with van der Waals surface area (Å²) in [6, 6.07) is 9.69. The molecule has 0 unspecified atom stereocenters. The van der Waals surface area contributed by atoms with Crippen molar-refractivity contribution < 1.29 is 4.79 Å².